The molecule has 7 nitrogen and oxygen atoms in total. The third-order valence-electron chi connectivity index (χ3n) is 3.31. The van der Waals surface area contributed by atoms with Gasteiger partial charge in [-0.2, -0.15) is 0 Å². The van der Waals surface area contributed by atoms with Gasteiger partial charge in [-0.1, -0.05) is 13.3 Å². The van der Waals surface area contributed by atoms with Crippen molar-refractivity contribution in [2.24, 2.45) is 0 Å². The van der Waals surface area contributed by atoms with E-state index in [0.29, 0.717) is 25.2 Å². The summed E-state index contributed by atoms with van der Waals surface area (Å²) in [5, 5.41) is 15.6. The van der Waals surface area contributed by atoms with Crippen LogP contribution in [0, 0.1) is 6.92 Å². The van der Waals surface area contributed by atoms with Crippen molar-refractivity contribution in [1.29, 1.82) is 0 Å². The quantitative estimate of drug-likeness (QED) is 0.682. The Morgan fingerprint density at radius 3 is 2.87 bits per heavy atom. The molecule has 0 aliphatic carbocycles. The van der Waals surface area contributed by atoms with E-state index in [1.54, 1.807) is 11.3 Å². The highest BCUT2D eigenvalue weighted by Gasteiger charge is 2.18. The van der Waals surface area contributed by atoms with E-state index >= 15 is 0 Å². The summed E-state index contributed by atoms with van der Waals surface area (Å²) in [5.74, 6) is -0.597. The minimum atomic E-state index is -1.00. The lowest BCUT2D eigenvalue weighted by atomic mass is 10.1. The predicted octanol–water partition coefficient (Wildman–Crippen LogP) is 2.17. The number of fused-ring (bicyclic) bond motifs is 1. The van der Waals surface area contributed by atoms with E-state index < -0.39 is 12.0 Å². The second kappa shape index (κ2) is 7.87. The van der Waals surface area contributed by atoms with Gasteiger partial charge in [0.05, 0.1) is 5.39 Å². The van der Waals surface area contributed by atoms with Crippen molar-refractivity contribution in [3.8, 4) is 0 Å². The number of aromatic nitrogens is 2. The first-order valence-electron chi connectivity index (χ1n) is 7.48. The highest BCUT2D eigenvalue weighted by molar-refractivity contribution is 7.18. The van der Waals surface area contributed by atoms with Crippen LogP contribution in [0.4, 0.5) is 5.82 Å². The number of carboxylic acids is 1. The highest BCUT2D eigenvalue weighted by atomic mass is 32.1. The fourth-order valence-electron chi connectivity index (χ4n) is 2.22. The number of anilines is 1. The maximum Gasteiger partial charge on any atom is 0.326 e. The number of hydrogen-bond donors (Lipinski definition) is 3. The molecule has 1 atom stereocenters. The van der Waals surface area contributed by atoms with Gasteiger partial charge < -0.3 is 15.7 Å². The number of rotatable bonds is 8. The topological polar surface area (TPSA) is 104 Å². The van der Waals surface area contributed by atoms with E-state index in [-0.39, 0.29) is 12.3 Å². The third kappa shape index (κ3) is 4.62. The molecule has 23 heavy (non-hydrogen) atoms. The van der Waals surface area contributed by atoms with Crippen LogP contribution in [0.15, 0.2) is 12.4 Å². The summed E-state index contributed by atoms with van der Waals surface area (Å²) in [5.41, 5.74) is 0. The number of carboxylic acid groups (broad SMARTS) is 1. The molecule has 0 radical (unpaired) electrons. The van der Waals surface area contributed by atoms with Gasteiger partial charge in [-0.3, -0.25) is 4.79 Å². The second-order valence-electron chi connectivity index (χ2n) is 5.22. The summed E-state index contributed by atoms with van der Waals surface area (Å²) in [6.07, 6.45) is 2.80. The molecule has 0 aromatic carbocycles. The van der Waals surface area contributed by atoms with Gasteiger partial charge in [0.15, 0.2) is 0 Å². The zero-order chi connectivity index (χ0) is 16.8. The average molecular weight is 336 g/mol. The van der Waals surface area contributed by atoms with Crippen LogP contribution in [-0.2, 0) is 9.59 Å². The molecule has 0 fully saturated rings. The Balaban J connectivity index is 1.88. The number of aliphatic carboxylic acids is 1. The molecular weight excluding hydrogens is 316 g/mol. The van der Waals surface area contributed by atoms with Gasteiger partial charge in [-0.25, -0.2) is 14.8 Å². The van der Waals surface area contributed by atoms with Crippen LogP contribution < -0.4 is 10.6 Å². The molecule has 2 heterocycles. The van der Waals surface area contributed by atoms with Crippen LogP contribution in [-0.4, -0.2) is 39.5 Å². The van der Waals surface area contributed by atoms with E-state index in [1.165, 1.54) is 6.33 Å². The maximum atomic E-state index is 11.8. The van der Waals surface area contributed by atoms with Gasteiger partial charge in [0.2, 0.25) is 5.91 Å². The van der Waals surface area contributed by atoms with E-state index in [4.69, 9.17) is 5.11 Å². The molecule has 0 aliphatic heterocycles. The normalized spacial score (nSPS) is 12.1. The largest absolute Gasteiger partial charge is 0.480 e. The Morgan fingerprint density at radius 1 is 1.39 bits per heavy atom. The Kier molecular flexibility index (Phi) is 5.86. The second-order valence-corrected chi connectivity index (χ2v) is 6.46. The Labute approximate surface area is 138 Å². The van der Waals surface area contributed by atoms with Gasteiger partial charge in [-0.05, 0) is 19.4 Å². The summed E-state index contributed by atoms with van der Waals surface area (Å²) in [4.78, 5) is 33.3. The van der Waals surface area contributed by atoms with E-state index in [1.807, 2.05) is 19.9 Å². The van der Waals surface area contributed by atoms with Crippen LogP contribution in [0.3, 0.4) is 0 Å². The van der Waals surface area contributed by atoms with Crippen molar-refractivity contribution in [3.05, 3.63) is 17.3 Å². The van der Waals surface area contributed by atoms with Crippen LogP contribution in [0.2, 0.25) is 0 Å². The zero-order valence-corrected chi connectivity index (χ0v) is 13.9. The summed E-state index contributed by atoms with van der Waals surface area (Å²) in [6.45, 7) is 4.27. The fourth-order valence-corrected chi connectivity index (χ4v) is 3.07. The van der Waals surface area contributed by atoms with Crippen LogP contribution in [0.5, 0.6) is 0 Å². The minimum absolute atomic E-state index is 0.183. The molecule has 8 heteroatoms. The molecule has 2 aromatic rings. The van der Waals surface area contributed by atoms with Crippen molar-refractivity contribution in [1.82, 2.24) is 15.3 Å². The Morgan fingerprint density at radius 2 is 2.17 bits per heavy atom. The van der Waals surface area contributed by atoms with Gasteiger partial charge in [0.25, 0.3) is 0 Å². The molecule has 0 saturated heterocycles. The monoisotopic (exact) mass is 336 g/mol. The Hall–Kier alpha value is -2.22. The minimum Gasteiger partial charge on any atom is -0.480 e. The number of thiophene rings is 1. The van der Waals surface area contributed by atoms with E-state index in [0.717, 1.165) is 15.1 Å². The SMILES string of the molecule is CCCC(NC(=O)CCNc1ncnc2sc(C)cc12)C(=O)O. The predicted molar refractivity (Wildman–Crippen MR) is 89.7 cm³/mol. The number of hydrogen-bond acceptors (Lipinski definition) is 6. The summed E-state index contributed by atoms with van der Waals surface area (Å²) in [7, 11) is 0. The fraction of sp³-hybridized carbons (Fsp3) is 0.467. The van der Waals surface area contributed by atoms with Gasteiger partial charge >= 0.3 is 5.97 Å². The Bertz CT molecular complexity index is 701. The first-order valence-corrected chi connectivity index (χ1v) is 8.30. The molecule has 0 spiro atoms. The van der Waals surface area contributed by atoms with E-state index in [9.17, 15) is 9.59 Å². The summed E-state index contributed by atoms with van der Waals surface area (Å²) in [6, 6.07) is 1.18. The van der Waals surface area contributed by atoms with Crippen LogP contribution >= 0.6 is 11.3 Å². The van der Waals surface area contributed by atoms with Crippen LogP contribution in [0.25, 0.3) is 10.2 Å². The van der Waals surface area contributed by atoms with Crippen molar-refractivity contribution in [3.63, 3.8) is 0 Å². The number of aryl methyl sites for hydroxylation is 1. The number of nitrogens with one attached hydrogen (secondary N) is 2. The number of nitrogens with zero attached hydrogens (tertiary/aromatic N) is 2. The van der Waals surface area contributed by atoms with Crippen molar-refractivity contribution < 1.29 is 14.7 Å². The number of carbonyl (C=O) groups is 2. The van der Waals surface area contributed by atoms with Gasteiger partial charge in [-0.15, -0.1) is 11.3 Å². The number of carbonyl (C=O) groups excluding carboxylic acids is 1. The van der Waals surface area contributed by atoms with Crippen molar-refractivity contribution in [2.75, 3.05) is 11.9 Å². The molecule has 1 unspecified atom stereocenters. The van der Waals surface area contributed by atoms with Crippen molar-refractivity contribution >= 4 is 39.2 Å². The zero-order valence-electron chi connectivity index (χ0n) is 13.1. The molecule has 124 valence electrons. The average Bonchev–Trinajstić information content (AvgIpc) is 2.88. The number of amides is 1. The maximum absolute atomic E-state index is 11.8. The summed E-state index contributed by atoms with van der Waals surface area (Å²) >= 11 is 1.59. The van der Waals surface area contributed by atoms with Gasteiger partial charge in [0, 0.05) is 17.8 Å². The highest BCUT2D eigenvalue weighted by Crippen LogP contribution is 2.27. The third-order valence-corrected chi connectivity index (χ3v) is 4.27. The smallest absolute Gasteiger partial charge is 0.326 e. The lowest BCUT2D eigenvalue weighted by Gasteiger charge is -2.13. The first kappa shape index (κ1) is 17.1. The van der Waals surface area contributed by atoms with Gasteiger partial charge in [0.1, 0.15) is 23.0 Å². The summed E-state index contributed by atoms with van der Waals surface area (Å²) < 4.78 is 0. The molecule has 1 amide bonds. The molecular formula is C15H20N4O3S. The first-order chi connectivity index (χ1) is 11.0. The van der Waals surface area contributed by atoms with Crippen LogP contribution in [0.1, 0.15) is 31.1 Å². The lowest BCUT2D eigenvalue weighted by molar-refractivity contribution is -0.142. The molecule has 2 rings (SSSR count). The van der Waals surface area contributed by atoms with Crippen molar-refractivity contribution in [2.45, 2.75) is 39.2 Å². The standard InChI is InChI=1S/C15H20N4O3S/c1-3-4-11(15(21)22)19-12(20)5-6-16-13-10-7-9(2)23-14(10)18-8-17-13/h7-8,11H,3-6H2,1-2H3,(H,19,20)(H,21,22)(H,16,17,18). The molecule has 2 aromatic heterocycles. The molecule has 3 N–H and O–H groups in total. The molecule has 0 bridgehead atoms. The van der Waals surface area contributed by atoms with E-state index in [2.05, 4.69) is 20.6 Å². The lowest BCUT2D eigenvalue weighted by Crippen LogP contribution is -2.41. The molecule has 0 saturated carbocycles. The molecule has 0 aliphatic rings.